The fraction of sp³-hybridized carbons (Fsp3) is 0.500. The van der Waals surface area contributed by atoms with Gasteiger partial charge in [0.2, 0.25) is 5.89 Å². The quantitative estimate of drug-likeness (QED) is 0.925. The first-order valence-corrected chi connectivity index (χ1v) is 7.42. The molecule has 3 unspecified atom stereocenters. The smallest absolute Gasteiger partial charge is 0.248 e. The highest BCUT2D eigenvalue weighted by Gasteiger charge is 2.29. The van der Waals surface area contributed by atoms with E-state index in [4.69, 9.17) is 10.3 Å². The van der Waals surface area contributed by atoms with Crippen LogP contribution >= 0.6 is 0 Å². The lowest BCUT2D eigenvalue weighted by Crippen LogP contribution is -2.12. The average Bonchev–Trinajstić information content (AvgIpc) is 3.16. The van der Waals surface area contributed by atoms with Crippen molar-refractivity contribution in [1.29, 1.82) is 0 Å². The number of rotatable bonds is 4. The van der Waals surface area contributed by atoms with Crippen LogP contribution < -0.4 is 5.73 Å². The van der Waals surface area contributed by atoms with Gasteiger partial charge in [-0.2, -0.15) is 4.98 Å². The monoisotopic (exact) mass is 271 g/mol. The molecule has 0 spiro atoms. The minimum Gasteiger partial charge on any atom is -0.337 e. The Morgan fingerprint density at radius 2 is 2.10 bits per heavy atom. The zero-order valence-corrected chi connectivity index (χ0v) is 11.8. The van der Waals surface area contributed by atoms with Crippen LogP contribution in [-0.4, -0.2) is 10.1 Å². The van der Waals surface area contributed by atoms with Crippen molar-refractivity contribution in [2.45, 2.75) is 44.6 Å². The first-order chi connectivity index (χ1) is 9.78. The van der Waals surface area contributed by atoms with Gasteiger partial charge in [0.05, 0.1) is 0 Å². The van der Waals surface area contributed by atoms with Crippen LogP contribution in [0.15, 0.2) is 34.9 Å². The van der Waals surface area contributed by atoms with E-state index >= 15 is 0 Å². The van der Waals surface area contributed by atoms with Gasteiger partial charge in [0, 0.05) is 5.92 Å². The molecule has 2 N–H and O–H groups in total. The van der Waals surface area contributed by atoms with Crippen molar-refractivity contribution in [3.63, 3.8) is 0 Å². The van der Waals surface area contributed by atoms with Crippen molar-refractivity contribution in [2.75, 3.05) is 0 Å². The number of hydrogen-bond donors (Lipinski definition) is 1. The van der Waals surface area contributed by atoms with E-state index < -0.39 is 0 Å². The molecule has 106 valence electrons. The molecular formula is C16H21N3O. The summed E-state index contributed by atoms with van der Waals surface area (Å²) in [5.74, 6) is 2.61. The van der Waals surface area contributed by atoms with E-state index in [0.29, 0.717) is 11.8 Å². The van der Waals surface area contributed by atoms with Crippen molar-refractivity contribution < 1.29 is 4.52 Å². The molecule has 0 saturated heterocycles. The highest BCUT2D eigenvalue weighted by atomic mass is 16.5. The van der Waals surface area contributed by atoms with Crippen molar-refractivity contribution >= 4 is 0 Å². The molecule has 2 aromatic rings. The molecule has 3 rings (SSSR count). The van der Waals surface area contributed by atoms with Gasteiger partial charge < -0.3 is 10.3 Å². The van der Waals surface area contributed by atoms with Crippen LogP contribution in [0.4, 0.5) is 0 Å². The second kappa shape index (κ2) is 5.75. The molecule has 0 aliphatic heterocycles. The van der Waals surface area contributed by atoms with E-state index in [9.17, 15) is 0 Å². The zero-order chi connectivity index (χ0) is 13.9. The summed E-state index contributed by atoms with van der Waals surface area (Å²) in [7, 11) is 0. The maximum absolute atomic E-state index is 6.19. The Morgan fingerprint density at radius 3 is 2.80 bits per heavy atom. The topological polar surface area (TPSA) is 64.9 Å². The zero-order valence-electron chi connectivity index (χ0n) is 11.8. The molecule has 1 saturated carbocycles. The van der Waals surface area contributed by atoms with Crippen LogP contribution in [0.5, 0.6) is 0 Å². The summed E-state index contributed by atoms with van der Waals surface area (Å²) in [4.78, 5) is 4.53. The lowest BCUT2D eigenvalue weighted by atomic mass is 10.0. The molecule has 20 heavy (non-hydrogen) atoms. The third kappa shape index (κ3) is 2.61. The fourth-order valence-electron chi connectivity index (χ4n) is 3.02. The standard InChI is InChI=1S/C16H21N3O/c1-2-11-8-9-13(10-11)15-18-16(20-19-15)14(17)12-6-4-3-5-7-12/h3-7,11,13-14H,2,8-10,17H2,1H3. The average molecular weight is 271 g/mol. The predicted molar refractivity (Wildman–Crippen MR) is 77.1 cm³/mol. The fourth-order valence-corrected chi connectivity index (χ4v) is 3.02. The Labute approximate surface area is 119 Å². The Morgan fingerprint density at radius 1 is 1.30 bits per heavy atom. The second-order valence-electron chi connectivity index (χ2n) is 5.66. The number of benzene rings is 1. The molecular weight excluding hydrogens is 250 g/mol. The van der Waals surface area contributed by atoms with Crippen molar-refractivity contribution in [1.82, 2.24) is 10.1 Å². The maximum Gasteiger partial charge on any atom is 0.248 e. The van der Waals surface area contributed by atoms with Crippen molar-refractivity contribution in [3.05, 3.63) is 47.6 Å². The van der Waals surface area contributed by atoms with Crippen LogP contribution in [0.1, 0.15) is 61.8 Å². The largest absolute Gasteiger partial charge is 0.337 e. The molecule has 0 amide bonds. The summed E-state index contributed by atoms with van der Waals surface area (Å²) in [6.07, 6.45) is 4.86. The summed E-state index contributed by atoms with van der Waals surface area (Å²) in [6.45, 7) is 2.25. The molecule has 4 heteroatoms. The molecule has 3 atom stereocenters. The Kier molecular flexibility index (Phi) is 3.83. The Bertz CT molecular complexity index is 552. The summed E-state index contributed by atoms with van der Waals surface area (Å²) in [5.41, 5.74) is 7.19. The summed E-state index contributed by atoms with van der Waals surface area (Å²) >= 11 is 0. The number of nitrogens with zero attached hydrogens (tertiary/aromatic N) is 2. The van der Waals surface area contributed by atoms with Gasteiger partial charge in [-0.1, -0.05) is 48.8 Å². The summed E-state index contributed by atoms with van der Waals surface area (Å²) in [5, 5.41) is 4.15. The summed E-state index contributed by atoms with van der Waals surface area (Å²) in [6, 6.07) is 9.54. The van der Waals surface area contributed by atoms with Gasteiger partial charge in [0.25, 0.3) is 0 Å². The van der Waals surface area contributed by atoms with E-state index in [1.807, 2.05) is 30.3 Å². The van der Waals surface area contributed by atoms with Crippen LogP contribution in [0.3, 0.4) is 0 Å². The first-order valence-electron chi connectivity index (χ1n) is 7.42. The second-order valence-corrected chi connectivity index (χ2v) is 5.66. The normalized spacial score (nSPS) is 23.9. The van der Waals surface area contributed by atoms with Crippen molar-refractivity contribution in [3.8, 4) is 0 Å². The molecule has 1 aromatic carbocycles. The Balaban J connectivity index is 1.74. The molecule has 1 aliphatic carbocycles. The van der Waals surface area contributed by atoms with E-state index in [1.165, 1.54) is 19.3 Å². The van der Waals surface area contributed by atoms with Crippen LogP contribution in [0.25, 0.3) is 0 Å². The number of aromatic nitrogens is 2. The third-order valence-electron chi connectivity index (χ3n) is 4.37. The minimum absolute atomic E-state index is 0.333. The summed E-state index contributed by atoms with van der Waals surface area (Å²) < 4.78 is 5.38. The molecule has 1 fully saturated rings. The van der Waals surface area contributed by atoms with Gasteiger partial charge in [-0.25, -0.2) is 0 Å². The first kappa shape index (κ1) is 13.3. The molecule has 0 bridgehead atoms. The van der Waals surface area contributed by atoms with Crippen molar-refractivity contribution in [2.24, 2.45) is 11.7 Å². The maximum atomic E-state index is 6.19. The van der Waals surface area contributed by atoms with Crippen LogP contribution in [0.2, 0.25) is 0 Å². The highest BCUT2D eigenvalue weighted by Crippen LogP contribution is 2.38. The van der Waals surface area contributed by atoms with Gasteiger partial charge in [-0.15, -0.1) is 0 Å². The number of nitrogens with two attached hydrogens (primary N) is 1. The van der Waals surface area contributed by atoms with Gasteiger partial charge in [-0.3, -0.25) is 0 Å². The van der Waals surface area contributed by atoms with E-state index in [1.54, 1.807) is 0 Å². The molecule has 0 radical (unpaired) electrons. The SMILES string of the molecule is CCC1CCC(c2noc(C(N)c3ccccc3)n2)C1. The number of hydrogen-bond acceptors (Lipinski definition) is 4. The van der Waals surface area contributed by atoms with Gasteiger partial charge in [0.1, 0.15) is 6.04 Å². The van der Waals surface area contributed by atoms with E-state index in [0.717, 1.165) is 23.7 Å². The molecule has 1 heterocycles. The van der Waals surface area contributed by atoms with Gasteiger partial charge in [0.15, 0.2) is 5.82 Å². The van der Waals surface area contributed by atoms with E-state index in [2.05, 4.69) is 17.1 Å². The predicted octanol–water partition coefficient (Wildman–Crippen LogP) is 3.41. The molecule has 1 aromatic heterocycles. The van der Waals surface area contributed by atoms with Gasteiger partial charge in [-0.05, 0) is 30.7 Å². The Hall–Kier alpha value is -1.68. The lowest BCUT2D eigenvalue weighted by Gasteiger charge is -2.06. The van der Waals surface area contributed by atoms with Gasteiger partial charge >= 0.3 is 0 Å². The highest BCUT2D eigenvalue weighted by molar-refractivity contribution is 5.23. The molecule has 1 aliphatic rings. The molecule has 4 nitrogen and oxygen atoms in total. The van der Waals surface area contributed by atoms with Crippen LogP contribution in [0, 0.1) is 5.92 Å². The van der Waals surface area contributed by atoms with Crippen LogP contribution in [-0.2, 0) is 0 Å². The minimum atomic E-state index is -0.333. The van der Waals surface area contributed by atoms with E-state index in [-0.39, 0.29) is 6.04 Å². The lowest BCUT2D eigenvalue weighted by molar-refractivity contribution is 0.359. The third-order valence-corrected chi connectivity index (χ3v) is 4.37.